The van der Waals surface area contributed by atoms with E-state index < -0.39 is 0 Å². The number of rotatable bonds is 7. The molecule has 2 nitrogen and oxygen atoms in total. The first-order valence-electron chi connectivity index (χ1n) is 6.11. The molecule has 0 aromatic heterocycles. The second-order valence-electron chi connectivity index (χ2n) is 4.87. The van der Waals surface area contributed by atoms with Gasteiger partial charge < -0.3 is 10.6 Å². The highest BCUT2D eigenvalue weighted by molar-refractivity contribution is 4.84. The van der Waals surface area contributed by atoms with Crippen LogP contribution in [0.1, 0.15) is 46.0 Å². The molecule has 2 unspecified atom stereocenters. The molecule has 0 amide bonds. The van der Waals surface area contributed by atoms with Gasteiger partial charge in [0.05, 0.1) is 0 Å². The van der Waals surface area contributed by atoms with Gasteiger partial charge in [0.1, 0.15) is 0 Å². The molecule has 0 heterocycles. The molecule has 1 rings (SSSR count). The molecule has 0 spiro atoms. The molecular formula is C12H26N2. The molecule has 0 radical (unpaired) electrons. The summed E-state index contributed by atoms with van der Waals surface area (Å²) in [4.78, 5) is 2.50. The molecule has 2 heteroatoms. The van der Waals surface area contributed by atoms with Crippen molar-refractivity contribution in [2.45, 2.75) is 58.0 Å². The molecule has 1 aliphatic rings. The molecule has 1 aliphatic carbocycles. The van der Waals surface area contributed by atoms with E-state index in [0.29, 0.717) is 6.04 Å². The molecule has 14 heavy (non-hydrogen) atoms. The zero-order valence-corrected chi connectivity index (χ0v) is 10.00. The molecule has 0 bridgehead atoms. The minimum Gasteiger partial charge on any atom is -0.328 e. The summed E-state index contributed by atoms with van der Waals surface area (Å²) in [6, 6.07) is 1.20. The zero-order valence-electron chi connectivity index (χ0n) is 10.00. The van der Waals surface area contributed by atoms with Crippen molar-refractivity contribution in [3.8, 4) is 0 Å². The van der Waals surface area contributed by atoms with Crippen molar-refractivity contribution in [3.63, 3.8) is 0 Å². The van der Waals surface area contributed by atoms with Gasteiger partial charge in [0.25, 0.3) is 0 Å². The van der Waals surface area contributed by atoms with Crippen molar-refractivity contribution in [1.29, 1.82) is 0 Å². The van der Waals surface area contributed by atoms with E-state index in [1.165, 1.54) is 32.2 Å². The Morgan fingerprint density at radius 3 is 2.57 bits per heavy atom. The summed E-state index contributed by atoms with van der Waals surface area (Å²) in [6.45, 7) is 5.74. The molecule has 84 valence electrons. The predicted octanol–water partition coefficient (Wildman–Crippen LogP) is 2.23. The average Bonchev–Trinajstić information content (AvgIpc) is 2.99. The van der Waals surface area contributed by atoms with E-state index in [-0.39, 0.29) is 0 Å². The Morgan fingerprint density at radius 2 is 2.07 bits per heavy atom. The van der Waals surface area contributed by atoms with Crippen molar-refractivity contribution in [2.24, 2.45) is 11.7 Å². The summed E-state index contributed by atoms with van der Waals surface area (Å²) < 4.78 is 0. The summed E-state index contributed by atoms with van der Waals surface area (Å²) in [6.07, 6.45) is 6.43. The summed E-state index contributed by atoms with van der Waals surface area (Å²) in [5.74, 6) is 0.986. The molecule has 1 saturated carbocycles. The Kier molecular flexibility index (Phi) is 4.90. The molecule has 0 saturated heterocycles. The molecule has 0 aliphatic heterocycles. The van der Waals surface area contributed by atoms with Gasteiger partial charge in [0, 0.05) is 12.1 Å². The topological polar surface area (TPSA) is 29.3 Å². The lowest BCUT2D eigenvalue weighted by atomic mass is 10.1. The number of hydrogen-bond acceptors (Lipinski definition) is 2. The van der Waals surface area contributed by atoms with Crippen LogP contribution in [0.4, 0.5) is 0 Å². The minimum absolute atomic E-state index is 0.416. The lowest BCUT2D eigenvalue weighted by molar-refractivity contribution is 0.228. The maximum Gasteiger partial charge on any atom is 0.00921 e. The van der Waals surface area contributed by atoms with E-state index in [1.54, 1.807) is 0 Å². The van der Waals surface area contributed by atoms with Crippen LogP contribution in [0, 0.1) is 5.92 Å². The Hall–Kier alpha value is -0.0800. The van der Waals surface area contributed by atoms with Gasteiger partial charge in [-0.3, -0.25) is 0 Å². The second-order valence-corrected chi connectivity index (χ2v) is 4.87. The van der Waals surface area contributed by atoms with Crippen LogP contribution in [0.15, 0.2) is 0 Å². The molecule has 1 fully saturated rings. The monoisotopic (exact) mass is 198 g/mol. The molecule has 2 atom stereocenters. The standard InChI is InChI=1S/C12H26N2/c1-4-12(13)6-5-9-14(3)10(2)11-7-8-11/h10-12H,4-9,13H2,1-3H3. The third-order valence-electron chi connectivity index (χ3n) is 3.61. The van der Waals surface area contributed by atoms with Crippen molar-refractivity contribution < 1.29 is 0 Å². The first kappa shape index (κ1) is 12.0. The molecule has 0 aromatic rings. The predicted molar refractivity (Wildman–Crippen MR) is 62.3 cm³/mol. The second kappa shape index (κ2) is 5.72. The minimum atomic E-state index is 0.416. The van der Waals surface area contributed by atoms with Gasteiger partial charge in [0.15, 0.2) is 0 Å². The molecule has 2 N–H and O–H groups in total. The Labute approximate surface area is 88.8 Å². The van der Waals surface area contributed by atoms with Crippen LogP contribution in [-0.2, 0) is 0 Å². The maximum atomic E-state index is 5.89. The highest BCUT2D eigenvalue weighted by atomic mass is 15.1. The third-order valence-corrected chi connectivity index (χ3v) is 3.61. The van der Waals surface area contributed by atoms with Crippen molar-refractivity contribution >= 4 is 0 Å². The third kappa shape index (κ3) is 3.97. The van der Waals surface area contributed by atoms with Crippen molar-refractivity contribution in [2.75, 3.05) is 13.6 Å². The lowest BCUT2D eigenvalue weighted by Crippen LogP contribution is -2.32. The van der Waals surface area contributed by atoms with Crippen LogP contribution < -0.4 is 5.73 Å². The van der Waals surface area contributed by atoms with Crippen LogP contribution in [0.3, 0.4) is 0 Å². The largest absolute Gasteiger partial charge is 0.328 e. The van der Waals surface area contributed by atoms with Crippen LogP contribution in [-0.4, -0.2) is 30.6 Å². The SMILES string of the molecule is CCC(N)CCCN(C)C(C)C1CC1. The van der Waals surface area contributed by atoms with Gasteiger partial charge in [-0.2, -0.15) is 0 Å². The van der Waals surface area contributed by atoms with Gasteiger partial charge in [-0.25, -0.2) is 0 Å². The lowest BCUT2D eigenvalue weighted by Gasteiger charge is -2.24. The normalized spacial score (nSPS) is 21.2. The summed E-state index contributed by atoms with van der Waals surface area (Å²) in [5, 5.41) is 0. The Balaban J connectivity index is 2.04. The van der Waals surface area contributed by atoms with Crippen LogP contribution in [0.25, 0.3) is 0 Å². The number of hydrogen-bond donors (Lipinski definition) is 1. The molecule has 0 aromatic carbocycles. The maximum absolute atomic E-state index is 5.89. The number of nitrogens with two attached hydrogens (primary N) is 1. The van der Waals surface area contributed by atoms with Gasteiger partial charge >= 0.3 is 0 Å². The molecular weight excluding hydrogens is 172 g/mol. The van der Waals surface area contributed by atoms with E-state index in [0.717, 1.165) is 18.4 Å². The Bertz CT molecular complexity index is 154. The van der Waals surface area contributed by atoms with Crippen molar-refractivity contribution in [3.05, 3.63) is 0 Å². The van der Waals surface area contributed by atoms with Gasteiger partial charge in [-0.1, -0.05) is 6.92 Å². The van der Waals surface area contributed by atoms with Crippen LogP contribution in [0.5, 0.6) is 0 Å². The van der Waals surface area contributed by atoms with Gasteiger partial charge in [-0.05, 0) is 58.5 Å². The fourth-order valence-electron chi connectivity index (χ4n) is 1.95. The van der Waals surface area contributed by atoms with Crippen LogP contribution >= 0.6 is 0 Å². The highest BCUT2D eigenvalue weighted by Crippen LogP contribution is 2.34. The fourth-order valence-corrected chi connectivity index (χ4v) is 1.95. The van der Waals surface area contributed by atoms with Crippen LogP contribution in [0.2, 0.25) is 0 Å². The highest BCUT2D eigenvalue weighted by Gasteiger charge is 2.29. The quantitative estimate of drug-likeness (QED) is 0.680. The van der Waals surface area contributed by atoms with Gasteiger partial charge in [-0.15, -0.1) is 0 Å². The fraction of sp³-hybridized carbons (Fsp3) is 1.00. The summed E-state index contributed by atoms with van der Waals surface area (Å²) >= 11 is 0. The van der Waals surface area contributed by atoms with E-state index in [1.807, 2.05) is 0 Å². The Morgan fingerprint density at radius 1 is 1.43 bits per heavy atom. The zero-order chi connectivity index (χ0) is 10.6. The van der Waals surface area contributed by atoms with E-state index in [4.69, 9.17) is 5.73 Å². The summed E-state index contributed by atoms with van der Waals surface area (Å²) in [7, 11) is 2.25. The average molecular weight is 198 g/mol. The summed E-state index contributed by atoms with van der Waals surface area (Å²) in [5.41, 5.74) is 5.89. The first-order valence-corrected chi connectivity index (χ1v) is 6.11. The number of nitrogens with zero attached hydrogens (tertiary/aromatic N) is 1. The first-order chi connectivity index (χ1) is 6.65. The van der Waals surface area contributed by atoms with E-state index in [9.17, 15) is 0 Å². The van der Waals surface area contributed by atoms with E-state index in [2.05, 4.69) is 25.8 Å². The van der Waals surface area contributed by atoms with Crippen molar-refractivity contribution in [1.82, 2.24) is 4.90 Å². The van der Waals surface area contributed by atoms with Gasteiger partial charge in [0.2, 0.25) is 0 Å². The smallest absolute Gasteiger partial charge is 0.00921 e. The van der Waals surface area contributed by atoms with E-state index >= 15 is 0 Å².